The molecule has 1 N–H and O–H groups in total. The number of anilines is 1. The lowest BCUT2D eigenvalue weighted by molar-refractivity contribution is -0.384. The average Bonchev–Trinajstić information content (AvgIpc) is 3.40. The van der Waals surface area contributed by atoms with Gasteiger partial charge in [-0.2, -0.15) is 0 Å². The van der Waals surface area contributed by atoms with Gasteiger partial charge in [0.15, 0.2) is 5.82 Å². The Bertz CT molecular complexity index is 1510. The van der Waals surface area contributed by atoms with Gasteiger partial charge >= 0.3 is 0 Å². The summed E-state index contributed by atoms with van der Waals surface area (Å²) in [6, 6.07) is 14.3. The van der Waals surface area contributed by atoms with Crippen LogP contribution in [0.2, 0.25) is 0 Å². The van der Waals surface area contributed by atoms with Crippen molar-refractivity contribution in [2.45, 2.75) is 45.7 Å². The van der Waals surface area contributed by atoms with E-state index in [9.17, 15) is 14.9 Å². The van der Waals surface area contributed by atoms with Crippen LogP contribution in [0.1, 0.15) is 50.7 Å². The molecule has 1 aliphatic heterocycles. The van der Waals surface area contributed by atoms with Crippen LogP contribution in [0.3, 0.4) is 0 Å². The standard InChI is InChI=1S/C27H32N8O3/c1-5-18-6-11-23-19(16-18)17-22(26(36)28-23)24(25-29-30-31-34(25)27(2,3)4)33-14-12-32(13-15-33)20-7-9-21(10-8-20)35(37)38/h6-11,16-17,24H,5,12-15H2,1-4H3,(H,28,36)/t24-/m1/s1. The highest BCUT2D eigenvalue weighted by molar-refractivity contribution is 5.80. The number of aromatic amines is 1. The number of non-ortho nitro benzene ring substituents is 1. The molecule has 3 heterocycles. The van der Waals surface area contributed by atoms with Crippen molar-refractivity contribution in [2.75, 3.05) is 31.1 Å². The van der Waals surface area contributed by atoms with E-state index >= 15 is 0 Å². The Morgan fingerprint density at radius 2 is 1.76 bits per heavy atom. The van der Waals surface area contributed by atoms with Crippen LogP contribution in [0.4, 0.5) is 11.4 Å². The molecule has 1 aliphatic rings. The van der Waals surface area contributed by atoms with Gasteiger partial charge in [-0.25, -0.2) is 4.68 Å². The van der Waals surface area contributed by atoms with Crippen LogP contribution < -0.4 is 10.5 Å². The Morgan fingerprint density at radius 3 is 2.39 bits per heavy atom. The first-order chi connectivity index (χ1) is 18.2. The van der Waals surface area contributed by atoms with Gasteiger partial charge in [-0.15, -0.1) is 5.10 Å². The predicted molar refractivity (Wildman–Crippen MR) is 145 cm³/mol. The maximum absolute atomic E-state index is 13.5. The number of hydrogen-bond acceptors (Lipinski definition) is 8. The fraction of sp³-hybridized carbons (Fsp3) is 0.407. The average molecular weight is 517 g/mol. The number of hydrogen-bond donors (Lipinski definition) is 1. The van der Waals surface area contributed by atoms with Crippen LogP contribution >= 0.6 is 0 Å². The molecular formula is C27H32N8O3. The minimum Gasteiger partial charge on any atom is -0.369 e. The van der Waals surface area contributed by atoms with E-state index < -0.39 is 11.0 Å². The summed E-state index contributed by atoms with van der Waals surface area (Å²) in [4.78, 5) is 31.6. The first-order valence-electron chi connectivity index (χ1n) is 12.8. The highest BCUT2D eigenvalue weighted by Crippen LogP contribution is 2.31. The van der Waals surface area contributed by atoms with E-state index in [2.05, 4.69) is 43.3 Å². The number of pyridine rings is 1. The van der Waals surface area contributed by atoms with Gasteiger partial charge in [0, 0.05) is 55.1 Å². The molecule has 0 bridgehead atoms. The number of H-pyrrole nitrogens is 1. The second kappa shape index (κ2) is 9.97. The number of tetrazole rings is 1. The van der Waals surface area contributed by atoms with Gasteiger partial charge in [-0.1, -0.05) is 13.0 Å². The molecule has 0 aliphatic carbocycles. The molecule has 11 heteroatoms. The number of nitrogens with zero attached hydrogens (tertiary/aromatic N) is 7. The van der Waals surface area contributed by atoms with Crippen molar-refractivity contribution in [2.24, 2.45) is 0 Å². The van der Waals surface area contributed by atoms with Gasteiger partial charge in [-0.3, -0.25) is 19.8 Å². The minimum atomic E-state index is -0.443. The first kappa shape index (κ1) is 25.5. The number of nitro groups is 1. The lowest BCUT2D eigenvalue weighted by Gasteiger charge is -2.40. The lowest BCUT2D eigenvalue weighted by atomic mass is 10.00. The second-order valence-electron chi connectivity index (χ2n) is 10.6. The van der Waals surface area contributed by atoms with E-state index in [4.69, 9.17) is 0 Å². The largest absolute Gasteiger partial charge is 0.369 e. The normalized spacial score (nSPS) is 15.6. The molecule has 1 atom stereocenters. The fourth-order valence-electron chi connectivity index (χ4n) is 5.06. The number of nitrogens with one attached hydrogen (secondary N) is 1. The number of fused-ring (bicyclic) bond motifs is 1. The second-order valence-corrected chi connectivity index (χ2v) is 10.6. The molecule has 0 radical (unpaired) electrons. The SMILES string of the molecule is CCc1ccc2[nH]c(=O)c([C@H](c3nnnn3C(C)(C)C)N3CCN(c4ccc([N+](=O)[O-])cc4)CC3)cc2c1. The summed E-state index contributed by atoms with van der Waals surface area (Å²) >= 11 is 0. The third-order valence-corrected chi connectivity index (χ3v) is 7.12. The zero-order valence-electron chi connectivity index (χ0n) is 22.1. The summed E-state index contributed by atoms with van der Waals surface area (Å²) in [5.41, 5.74) is 3.07. The van der Waals surface area contributed by atoms with E-state index in [1.165, 1.54) is 17.7 Å². The fourth-order valence-corrected chi connectivity index (χ4v) is 5.06. The molecule has 2 aromatic heterocycles. The molecule has 0 spiro atoms. The molecule has 1 fully saturated rings. The van der Waals surface area contributed by atoms with E-state index in [1.54, 1.807) is 16.8 Å². The van der Waals surface area contributed by atoms with Gasteiger partial charge in [0.1, 0.15) is 6.04 Å². The van der Waals surface area contributed by atoms with Crippen molar-refractivity contribution in [1.82, 2.24) is 30.1 Å². The van der Waals surface area contributed by atoms with Crippen LogP contribution in [0.25, 0.3) is 10.9 Å². The van der Waals surface area contributed by atoms with E-state index in [-0.39, 0.29) is 16.8 Å². The highest BCUT2D eigenvalue weighted by atomic mass is 16.6. The minimum absolute atomic E-state index is 0.0724. The topological polar surface area (TPSA) is 126 Å². The number of rotatable bonds is 6. The smallest absolute Gasteiger partial charge is 0.269 e. The molecule has 0 amide bonds. The molecule has 11 nitrogen and oxygen atoms in total. The van der Waals surface area contributed by atoms with Crippen LogP contribution in [0, 0.1) is 10.1 Å². The summed E-state index contributed by atoms with van der Waals surface area (Å²) < 4.78 is 1.80. The zero-order chi connectivity index (χ0) is 27.0. The van der Waals surface area contributed by atoms with Gasteiger partial charge in [0.05, 0.1) is 10.5 Å². The number of nitro benzene ring substituents is 1. The van der Waals surface area contributed by atoms with Gasteiger partial charge in [0.2, 0.25) is 0 Å². The summed E-state index contributed by atoms with van der Waals surface area (Å²) in [5.74, 6) is 0.623. The Hall–Kier alpha value is -4.12. The lowest BCUT2D eigenvalue weighted by Crippen LogP contribution is -2.49. The third-order valence-electron chi connectivity index (χ3n) is 7.12. The number of aryl methyl sites for hydroxylation is 1. The molecule has 2 aromatic carbocycles. The van der Waals surface area contributed by atoms with E-state index in [0.717, 1.165) is 23.0 Å². The summed E-state index contributed by atoms with van der Waals surface area (Å²) in [6.07, 6.45) is 0.903. The third kappa shape index (κ3) is 4.89. The Morgan fingerprint density at radius 1 is 1.05 bits per heavy atom. The van der Waals surface area contributed by atoms with Gasteiger partial charge in [0.25, 0.3) is 11.2 Å². The number of piperazine rings is 1. The van der Waals surface area contributed by atoms with Crippen LogP contribution in [-0.4, -0.2) is 61.2 Å². The van der Waals surface area contributed by atoms with Crippen molar-refractivity contribution in [1.29, 1.82) is 0 Å². The Balaban J connectivity index is 1.52. The molecule has 5 rings (SSSR count). The van der Waals surface area contributed by atoms with Crippen molar-refractivity contribution in [3.05, 3.63) is 86.0 Å². The quantitative estimate of drug-likeness (QED) is 0.304. The number of benzene rings is 2. The van der Waals surface area contributed by atoms with Crippen LogP contribution in [-0.2, 0) is 12.0 Å². The van der Waals surface area contributed by atoms with Gasteiger partial charge in [-0.05, 0) is 78.9 Å². The van der Waals surface area contributed by atoms with E-state index in [0.29, 0.717) is 37.6 Å². The summed E-state index contributed by atoms with van der Waals surface area (Å²) in [7, 11) is 0. The molecule has 198 valence electrons. The Labute approximate surface area is 220 Å². The molecule has 0 unspecified atom stereocenters. The molecular weight excluding hydrogens is 484 g/mol. The van der Waals surface area contributed by atoms with Crippen molar-refractivity contribution in [3.63, 3.8) is 0 Å². The Kier molecular flexibility index (Phi) is 6.70. The van der Waals surface area contributed by atoms with E-state index in [1.807, 2.05) is 39.0 Å². The molecule has 0 saturated carbocycles. The first-order valence-corrected chi connectivity index (χ1v) is 12.8. The predicted octanol–water partition coefficient (Wildman–Crippen LogP) is 3.65. The molecule has 4 aromatic rings. The molecule has 38 heavy (non-hydrogen) atoms. The van der Waals surface area contributed by atoms with Crippen molar-refractivity contribution < 1.29 is 4.92 Å². The van der Waals surface area contributed by atoms with Crippen LogP contribution in [0.5, 0.6) is 0 Å². The molecule has 1 saturated heterocycles. The zero-order valence-corrected chi connectivity index (χ0v) is 22.1. The maximum atomic E-state index is 13.5. The summed E-state index contributed by atoms with van der Waals surface area (Å²) in [5, 5.41) is 24.7. The van der Waals surface area contributed by atoms with Gasteiger partial charge < -0.3 is 9.88 Å². The summed E-state index contributed by atoms with van der Waals surface area (Å²) in [6.45, 7) is 10.9. The van der Waals surface area contributed by atoms with Crippen molar-refractivity contribution in [3.8, 4) is 0 Å². The highest BCUT2D eigenvalue weighted by Gasteiger charge is 2.35. The number of aromatic nitrogens is 5. The maximum Gasteiger partial charge on any atom is 0.269 e. The monoisotopic (exact) mass is 516 g/mol. The van der Waals surface area contributed by atoms with Crippen molar-refractivity contribution >= 4 is 22.3 Å². The van der Waals surface area contributed by atoms with Crippen LogP contribution in [0.15, 0.2) is 53.3 Å².